The first kappa shape index (κ1) is 11.0. The second-order valence-corrected chi connectivity index (χ2v) is 3.86. The molecule has 0 fully saturated rings. The number of hydrogen-bond acceptors (Lipinski definition) is 4. The summed E-state index contributed by atoms with van der Waals surface area (Å²) in [6.07, 6.45) is 0.809. The summed E-state index contributed by atoms with van der Waals surface area (Å²) in [4.78, 5) is 4.38. The van der Waals surface area contributed by atoms with Crippen LogP contribution in [0.1, 0.15) is 30.8 Å². The van der Waals surface area contributed by atoms with Crippen molar-refractivity contribution in [3.63, 3.8) is 0 Å². The Hall–Kier alpha value is -1.55. The lowest BCUT2D eigenvalue weighted by atomic mass is 10.2. The molecule has 0 spiro atoms. The molecule has 0 amide bonds. The van der Waals surface area contributed by atoms with Crippen LogP contribution in [0.25, 0.3) is 11.1 Å². The number of methoxy groups -OCH3 is 1. The minimum absolute atomic E-state index is 0.141. The van der Waals surface area contributed by atoms with Crippen molar-refractivity contribution in [1.82, 2.24) is 4.98 Å². The molecule has 4 nitrogen and oxygen atoms in total. The lowest BCUT2D eigenvalue weighted by molar-refractivity contribution is 0.415. The fourth-order valence-electron chi connectivity index (χ4n) is 1.64. The zero-order valence-electron chi connectivity index (χ0n) is 9.78. The van der Waals surface area contributed by atoms with Crippen LogP contribution in [0.3, 0.4) is 0 Å². The van der Waals surface area contributed by atoms with Crippen LogP contribution in [-0.4, -0.2) is 12.1 Å². The van der Waals surface area contributed by atoms with Crippen molar-refractivity contribution >= 4 is 11.1 Å². The first-order valence-electron chi connectivity index (χ1n) is 5.36. The molecule has 0 saturated carbocycles. The SMILES string of the molecule is CCC(N)c1nc2cc(OC)cc(C)c2o1. The van der Waals surface area contributed by atoms with Crippen LogP contribution in [0.2, 0.25) is 0 Å². The maximum absolute atomic E-state index is 5.89. The molecular formula is C12H16N2O2. The normalized spacial score (nSPS) is 13.0. The van der Waals surface area contributed by atoms with E-state index < -0.39 is 0 Å². The third kappa shape index (κ3) is 1.76. The number of oxazole rings is 1. The molecule has 1 aromatic carbocycles. The molecule has 0 aliphatic heterocycles. The Morgan fingerprint density at radius 1 is 1.50 bits per heavy atom. The monoisotopic (exact) mass is 220 g/mol. The van der Waals surface area contributed by atoms with E-state index in [0.29, 0.717) is 5.89 Å². The van der Waals surface area contributed by atoms with E-state index in [-0.39, 0.29) is 6.04 Å². The number of aryl methyl sites for hydroxylation is 1. The Labute approximate surface area is 94.4 Å². The summed E-state index contributed by atoms with van der Waals surface area (Å²) in [5.74, 6) is 1.38. The standard InChI is InChI=1S/C12H16N2O2/c1-4-9(13)12-14-10-6-8(15-3)5-7(2)11(10)16-12/h5-6,9H,4,13H2,1-3H3. The zero-order valence-corrected chi connectivity index (χ0v) is 9.78. The Morgan fingerprint density at radius 2 is 2.25 bits per heavy atom. The largest absolute Gasteiger partial charge is 0.497 e. The van der Waals surface area contributed by atoms with Crippen LogP contribution in [0.4, 0.5) is 0 Å². The molecule has 0 aliphatic carbocycles. The first-order chi connectivity index (χ1) is 7.65. The maximum atomic E-state index is 5.89. The Balaban J connectivity index is 2.56. The minimum atomic E-state index is -0.141. The van der Waals surface area contributed by atoms with E-state index in [0.717, 1.165) is 28.8 Å². The zero-order chi connectivity index (χ0) is 11.7. The average Bonchev–Trinajstić information content (AvgIpc) is 2.72. The van der Waals surface area contributed by atoms with E-state index in [4.69, 9.17) is 14.9 Å². The summed E-state index contributed by atoms with van der Waals surface area (Å²) >= 11 is 0. The predicted molar refractivity (Wildman–Crippen MR) is 62.5 cm³/mol. The average molecular weight is 220 g/mol. The summed E-state index contributed by atoms with van der Waals surface area (Å²) in [6.45, 7) is 3.98. The maximum Gasteiger partial charge on any atom is 0.212 e. The molecule has 1 aromatic heterocycles. The van der Waals surface area contributed by atoms with E-state index in [2.05, 4.69) is 4.98 Å². The van der Waals surface area contributed by atoms with Crippen LogP contribution in [-0.2, 0) is 0 Å². The van der Waals surface area contributed by atoms with Crippen LogP contribution >= 0.6 is 0 Å². The molecule has 86 valence electrons. The van der Waals surface area contributed by atoms with Gasteiger partial charge in [-0.1, -0.05) is 6.92 Å². The van der Waals surface area contributed by atoms with Gasteiger partial charge in [-0.2, -0.15) is 0 Å². The number of rotatable bonds is 3. The molecule has 0 saturated heterocycles. The molecule has 2 rings (SSSR count). The fourth-order valence-corrected chi connectivity index (χ4v) is 1.64. The van der Waals surface area contributed by atoms with Crippen LogP contribution in [0, 0.1) is 6.92 Å². The van der Waals surface area contributed by atoms with Crippen LogP contribution in [0.5, 0.6) is 5.75 Å². The first-order valence-corrected chi connectivity index (χ1v) is 5.36. The van der Waals surface area contributed by atoms with Gasteiger partial charge in [-0.3, -0.25) is 0 Å². The number of nitrogens with two attached hydrogens (primary N) is 1. The van der Waals surface area contributed by atoms with E-state index >= 15 is 0 Å². The summed E-state index contributed by atoms with van der Waals surface area (Å²) in [5, 5.41) is 0. The third-order valence-corrected chi connectivity index (χ3v) is 2.66. The number of benzene rings is 1. The highest BCUT2D eigenvalue weighted by atomic mass is 16.5. The van der Waals surface area contributed by atoms with Crippen molar-refractivity contribution in [1.29, 1.82) is 0 Å². The van der Waals surface area contributed by atoms with Crippen molar-refractivity contribution in [3.05, 3.63) is 23.6 Å². The summed E-state index contributed by atoms with van der Waals surface area (Å²) < 4.78 is 10.8. The van der Waals surface area contributed by atoms with Gasteiger partial charge in [-0.15, -0.1) is 0 Å². The Morgan fingerprint density at radius 3 is 2.88 bits per heavy atom. The second kappa shape index (κ2) is 4.14. The quantitative estimate of drug-likeness (QED) is 0.863. The van der Waals surface area contributed by atoms with E-state index in [1.165, 1.54) is 0 Å². The van der Waals surface area contributed by atoms with Crippen molar-refractivity contribution in [2.75, 3.05) is 7.11 Å². The highest BCUT2D eigenvalue weighted by molar-refractivity contribution is 5.78. The molecule has 1 unspecified atom stereocenters. The molecule has 2 N–H and O–H groups in total. The van der Waals surface area contributed by atoms with Gasteiger partial charge in [0, 0.05) is 6.07 Å². The number of aromatic nitrogens is 1. The van der Waals surface area contributed by atoms with E-state index in [9.17, 15) is 0 Å². The van der Waals surface area contributed by atoms with Crippen molar-refractivity contribution in [2.24, 2.45) is 5.73 Å². The van der Waals surface area contributed by atoms with Crippen molar-refractivity contribution < 1.29 is 9.15 Å². The molecule has 1 atom stereocenters. The van der Waals surface area contributed by atoms with E-state index in [1.54, 1.807) is 7.11 Å². The number of ether oxygens (including phenoxy) is 1. The molecule has 0 aliphatic rings. The fraction of sp³-hybridized carbons (Fsp3) is 0.417. The van der Waals surface area contributed by atoms with Gasteiger partial charge in [0.2, 0.25) is 5.89 Å². The lowest BCUT2D eigenvalue weighted by Gasteiger charge is -2.01. The molecular weight excluding hydrogens is 204 g/mol. The van der Waals surface area contributed by atoms with Gasteiger partial charge < -0.3 is 14.9 Å². The van der Waals surface area contributed by atoms with Gasteiger partial charge in [0.25, 0.3) is 0 Å². The highest BCUT2D eigenvalue weighted by Gasteiger charge is 2.14. The summed E-state index contributed by atoms with van der Waals surface area (Å²) in [5.41, 5.74) is 8.49. The van der Waals surface area contributed by atoms with Crippen molar-refractivity contribution in [3.8, 4) is 5.75 Å². The lowest BCUT2D eigenvalue weighted by Crippen LogP contribution is -2.08. The topological polar surface area (TPSA) is 61.3 Å². The van der Waals surface area contributed by atoms with Gasteiger partial charge in [-0.05, 0) is 25.0 Å². The van der Waals surface area contributed by atoms with Crippen molar-refractivity contribution in [2.45, 2.75) is 26.3 Å². The second-order valence-electron chi connectivity index (χ2n) is 3.86. The molecule has 4 heteroatoms. The number of fused-ring (bicyclic) bond motifs is 1. The Kier molecular flexibility index (Phi) is 2.83. The summed E-state index contributed by atoms with van der Waals surface area (Å²) in [6, 6.07) is 3.64. The summed E-state index contributed by atoms with van der Waals surface area (Å²) in [7, 11) is 1.64. The highest BCUT2D eigenvalue weighted by Crippen LogP contribution is 2.27. The van der Waals surface area contributed by atoms with Gasteiger partial charge in [0.1, 0.15) is 11.3 Å². The number of hydrogen-bond donors (Lipinski definition) is 1. The van der Waals surface area contributed by atoms with Gasteiger partial charge in [0.15, 0.2) is 5.58 Å². The van der Waals surface area contributed by atoms with Crippen LogP contribution < -0.4 is 10.5 Å². The Bertz CT molecular complexity index is 505. The smallest absolute Gasteiger partial charge is 0.212 e. The van der Waals surface area contributed by atoms with Crippen LogP contribution in [0.15, 0.2) is 16.5 Å². The molecule has 2 aromatic rings. The van der Waals surface area contributed by atoms with Gasteiger partial charge in [-0.25, -0.2) is 4.98 Å². The predicted octanol–water partition coefficient (Wildman–Crippen LogP) is 2.55. The molecule has 1 heterocycles. The molecule has 0 radical (unpaired) electrons. The minimum Gasteiger partial charge on any atom is -0.497 e. The van der Waals surface area contributed by atoms with Gasteiger partial charge in [0.05, 0.1) is 13.2 Å². The van der Waals surface area contributed by atoms with Gasteiger partial charge >= 0.3 is 0 Å². The number of nitrogens with zero attached hydrogens (tertiary/aromatic N) is 1. The third-order valence-electron chi connectivity index (χ3n) is 2.66. The molecule has 16 heavy (non-hydrogen) atoms. The molecule has 0 bridgehead atoms. The van der Waals surface area contributed by atoms with E-state index in [1.807, 2.05) is 26.0 Å².